The summed E-state index contributed by atoms with van der Waals surface area (Å²) >= 11 is 0. The monoisotopic (exact) mass is 341 g/mol. The Bertz CT molecular complexity index is 771. The average molecular weight is 341 g/mol. The van der Waals surface area contributed by atoms with Crippen LogP contribution in [0.1, 0.15) is 35.2 Å². The molecular formula is C19H23N3O3. The van der Waals surface area contributed by atoms with Crippen molar-refractivity contribution in [3.8, 4) is 11.5 Å². The lowest BCUT2D eigenvalue weighted by molar-refractivity contribution is 0.0574. The molecule has 2 aromatic rings. The first-order chi connectivity index (χ1) is 12.2. The van der Waals surface area contributed by atoms with E-state index in [1.165, 1.54) is 0 Å². The molecule has 4 rings (SSSR count). The van der Waals surface area contributed by atoms with E-state index in [0.29, 0.717) is 30.3 Å². The van der Waals surface area contributed by atoms with E-state index in [9.17, 15) is 4.79 Å². The highest BCUT2D eigenvalue weighted by molar-refractivity contribution is 5.98. The van der Waals surface area contributed by atoms with Gasteiger partial charge in [-0.1, -0.05) is 6.07 Å². The predicted molar refractivity (Wildman–Crippen MR) is 93.1 cm³/mol. The number of aryl methyl sites for hydroxylation is 1. The summed E-state index contributed by atoms with van der Waals surface area (Å²) in [4.78, 5) is 15.2. The maximum Gasteiger partial charge on any atom is 0.258 e. The average Bonchev–Trinajstić information content (AvgIpc) is 3.06. The number of ether oxygens (including phenoxy) is 2. The molecule has 25 heavy (non-hydrogen) atoms. The van der Waals surface area contributed by atoms with Gasteiger partial charge in [0.2, 0.25) is 0 Å². The number of carbonyl (C=O) groups excluding carboxylic acids is 1. The summed E-state index contributed by atoms with van der Waals surface area (Å²) in [7, 11) is 0. The van der Waals surface area contributed by atoms with Crippen LogP contribution in [0.25, 0.3) is 0 Å². The van der Waals surface area contributed by atoms with E-state index < -0.39 is 0 Å². The van der Waals surface area contributed by atoms with E-state index in [1.807, 2.05) is 47.1 Å². The van der Waals surface area contributed by atoms with Crippen molar-refractivity contribution in [2.75, 3.05) is 19.8 Å². The minimum absolute atomic E-state index is 0.0240. The largest absolute Gasteiger partial charge is 0.486 e. The van der Waals surface area contributed by atoms with Crippen LogP contribution in [-0.2, 0) is 6.54 Å². The van der Waals surface area contributed by atoms with Crippen LogP contribution < -0.4 is 9.47 Å². The summed E-state index contributed by atoms with van der Waals surface area (Å²) in [6.07, 6.45) is 7.05. The normalized spacial score (nSPS) is 19.7. The van der Waals surface area contributed by atoms with E-state index in [4.69, 9.17) is 9.47 Å². The summed E-state index contributed by atoms with van der Waals surface area (Å²) in [5.41, 5.74) is 1.73. The SMILES string of the molecule is Cc1cnn(CC2CCCCN2C(=O)c2cccc3c2OCCO3)c1. The third-order valence-electron chi connectivity index (χ3n) is 4.84. The summed E-state index contributed by atoms with van der Waals surface area (Å²) in [5.74, 6) is 1.27. The number of para-hydroxylation sites is 1. The zero-order chi connectivity index (χ0) is 17.2. The van der Waals surface area contributed by atoms with E-state index in [1.54, 1.807) is 0 Å². The number of piperidine rings is 1. The van der Waals surface area contributed by atoms with Crippen molar-refractivity contribution in [2.24, 2.45) is 0 Å². The van der Waals surface area contributed by atoms with Gasteiger partial charge in [-0.05, 0) is 43.9 Å². The molecule has 1 atom stereocenters. The Morgan fingerprint density at radius 1 is 1.28 bits per heavy atom. The maximum absolute atomic E-state index is 13.2. The van der Waals surface area contributed by atoms with Crippen molar-refractivity contribution in [3.63, 3.8) is 0 Å². The third kappa shape index (κ3) is 3.21. The quantitative estimate of drug-likeness (QED) is 0.861. The molecule has 1 saturated heterocycles. The van der Waals surface area contributed by atoms with Crippen LogP contribution in [0.2, 0.25) is 0 Å². The molecule has 1 unspecified atom stereocenters. The number of hydrogen-bond acceptors (Lipinski definition) is 4. The molecule has 3 heterocycles. The lowest BCUT2D eigenvalue weighted by Gasteiger charge is -2.36. The number of benzene rings is 1. The predicted octanol–water partition coefficient (Wildman–Crippen LogP) is 2.66. The van der Waals surface area contributed by atoms with E-state index in [0.717, 1.165) is 37.9 Å². The number of rotatable bonds is 3. The molecule has 0 spiro atoms. The lowest BCUT2D eigenvalue weighted by atomic mass is 10.00. The molecule has 1 aromatic carbocycles. The van der Waals surface area contributed by atoms with Crippen LogP contribution in [0.5, 0.6) is 11.5 Å². The Morgan fingerprint density at radius 2 is 2.16 bits per heavy atom. The summed E-state index contributed by atoms with van der Waals surface area (Å²) in [6, 6.07) is 5.70. The summed E-state index contributed by atoms with van der Waals surface area (Å²) < 4.78 is 13.3. The highest BCUT2D eigenvalue weighted by Crippen LogP contribution is 2.35. The highest BCUT2D eigenvalue weighted by Gasteiger charge is 2.31. The van der Waals surface area contributed by atoms with Crippen LogP contribution in [0.15, 0.2) is 30.6 Å². The summed E-state index contributed by atoms with van der Waals surface area (Å²) in [6.45, 7) is 4.53. The number of likely N-dealkylation sites (tertiary alicyclic amines) is 1. The zero-order valence-electron chi connectivity index (χ0n) is 14.5. The van der Waals surface area contributed by atoms with Crippen molar-refractivity contribution >= 4 is 5.91 Å². The van der Waals surface area contributed by atoms with Gasteiger partial charge >= 0.3 is 0 Å². The number of amides is 1. The zero-order valence-corrected chi connectivity index (χ0v) is 14.5. The molecule has 1 fully saturated rings. The molecule has 6 heteroatoms. The van der Waals surface area contributed by atoms with E-state index in [-0.39, 0.29) is 11.9 Å². The van der Waals surface area contributed by atoms with Gasteiger partial charge in [-0.2, -0.15) is 5.10 Å². The Hall–Kier alpha value is -2.50. The second-order valence-electron chi connectivity index (χ2n) is 6.72. The van der Waals surface area contributed by atoms with Crippen molar-refractivity contribution in [2.45, 2.75) is 38.8 Å². The van der Waals surface area contributed by atoms with Crippen LogP contribution in [0.3, 0.4) is 0 Å². The second-order valence-corrected chi connectivity index (χ2v) is 6.72. The van der Waals surface area contributed by atoms with Crippen molar-refractivity contribution in [1.29, 1.82) is 0 Å². The Morgan fingerprint density at radius 3 is 3.00 bits per heavy atom. The molecule has 0 aliphatic carbocycles. The third-order valence-corrected chi connectivity index (χ3v) is 4.84. The van der Waals surface area contributed by atoms with Gasteiger partial charge in [0.15, 0.2) is 11.5 Å². The molecule has 0 radical (unpaired) electrons. The van der Waals surface area contributed by atoms with E-state index >= 15 is 0 Å². The minimum atomic E-state index is 0.0240. The molecule has 132 valence electrons. The van der Waals surface area contributed by atoms with Gasteiger partial charge in [0.1, 0.15) is 13.2 Å². The summed E-state index contributed by atoms with van der Waals surface area (Å²) in [5, 5.41) is 4.38. The first-order valence-electron chi connectivity index (χ1n) is 8.91. The molecule has 2 aliphatic rings. The molecule has 0 saturated carbocycles. The molecule has 2 aliphatic heterocycles. The van der Waals surface area contributed by atoms with Gasteiger partial charge in [-0.15, -0.1) is 0 Å². The van der Waals surface area contributed by atoms with Gasteiger partial charge in [-0.25, -0.2) is 0 Å². The van der Waals surface area contributed by atoms with Crippen LogP contribution in [-0.4, -0.2) is 46.4 Å². The molecule has 6 nitrogen and oxygen atoms in total. The molecular weight excluding hydrogens is 318 g/mol. The van der Waals surface area contributed by atoms with Gasteiger partial charge in [0.05, 0.1) is 24.3 Å². The molecule has 0 N–H and O–H groups in total. The molecule has 1 amide bonds. The fraction of sp³-hybridized carbons (Fsp3) is 0.474. The van der Waals surface area contributed by atoms with Crippen molar-refractivity contribution in [1.82, 2.24) is 14.7 Å². The number of aromatic nitrogens is 2. The first-order valence-corrected chi connectivity index (χ1v) is 8.91. The Labute approximate surface area is 147 Å². The van der Waals surface area contributed by atoms with Crippen LogP contribution >= 0.6 is 0 Å². The Kier molecular flexibility index (Phi) is 4.34. The first kappa shape index (κ1) is 16.0. The van der Waals surface area contributed by atoms with Crippen LogP contribution in [0, 0.1) is 6.92 Å². The fourth-order valence-electron chi connectivity index (χ4n) is 3.64. The number of hydrogen-bond donors (Lipinski definition) is 0. The van der Waals surface area contributed by atoms with Crippen molar-refractivity contribution in [3.05, 3.63) is 41.7 Å². The van der Waals surface area contributed by atoms with Gasteiger partial charge in [-0.3, -0.25) is 9.48 Å². The number of nitrogens with zero attached hydrogens (tertiary/aromatic N) is 3. The van der Waals surface area contributed by atoms with Crippen molar-refractivity contribution < 1.29 is 14.3 Å². The number of carbonyl (C=O) groups is 1. The standard InChI is InChI=1S/C19H23N3O3/c1-14-11-20-21(12-14)13-15-5-2-3-8-22(15)19(23)16-6-4-7-17-18(16)25-10-9-24-17/h4,6-7,11-12,15H,2-3,5,8-10,13H2,1H3. The smallest absolute Gasteiger partial charge is 0.258 e. The van der Waals surface area contributed by atoms with Crippen LogP contribution in [0.4, 0.5) is 0 Å². The molecule has 0 bridgehead atoms. The minimum Gasteiger partial charge on any atom is -0.486 e. The van der Waals surface area contributed by atoms with E-state index in [2.05, 4.69) is 5.10 Å². The fourth-order valence-corrected chi connectivity index (χ4v) is 3.64. The van der Waals surface area contributed by atoms with Gasteiger partial charge in [0, 0.05) is 12.7 Å². The Balaban J connectivity index is 1.59. The number of fused-ring (bicyclic) bond motifs is 1. The lowest BCUT2D eigenvalue weighted by Crippen LogP contribution is -2.46. The maximum atomic E-state index is 13.2. The van der Waals surface area contributed by atoms with Gasteiger partial charge in [0.25, 0.3) is 5.91 Å². The topological polar surface area (TPSA) is 56.6 Å². The second kappa shape index (κ2) is 6.78. The van der Waals surface area contributed by atoms with Gasteiger partial charge < -0.3 is 14.4 Å². The highest BCUT2D eigenvalue weighted by atomic mass is 16.6. The molecule has 1 aromatic heterocycles.